The molecule has 0 aliphatic carbocycles. The Kier molecular flexibility index (Phi) is 6.36. The van der Waals surface area contributed by atoms with Gasteiger partial charge in [-0.1, -0.05) is 0 Å². The third-order valence-electron chi connectivity index (χ3n) is 2.85. The quantitative estimate of drug-likeness (QED) is 0.724. The summed E-state index contributed by atoms with van der Waals surface area (Å²) in [6.45, 7) is 9.32. The predicted octanol–water partition coefficient (Wildman–Crippen LogP) is 2.59. The third kappa shape index (κ3) is 6.17. The van der Waals surface area contributed by atoms with Crippen LogP contribution in [-0.2, 0) is 17.8 Å². The van der Waals surface area contributed by atoms with Crippen molar-refractivity contribution in [1.82, 2.24) is 14.9 Å². The monoisotopic (exact) mass is 253 g/mol. The number of nitrogens with one attached hydrogen (secondary N) is 1. The van der Waals surface area contributed by atoms with Crippen LogP contribution in [0.1, 0.15) is 45.7 Å². The van der Waals surface area contributed by atoms with Crippen molar-refractivity contribution in [1.29, 1.82) is 0 Å². The van der Waals surface area contributed by atoms with E-state index in [4.69, 9.17) is 4.74 Å². The van der Waals surface area contributed by atoms with Gasteiger partial charge in [-0.15, -0.1) is 0 Å². The van der Waals surface area contributed by atoms with E-state index in [1.165, 1.54) is 18.5 Å². The van der Waals surface area contributed by atoms with Gasteiger partial charge in [-0.05, 0) is 40.0 Å². The fourth-order valence-corrected chi connectivity index (χ4v) is 1.76. The first kappa shape index (κ1) is 15.2. The van der Waals surface area contributed by atoms with Crippen molar-refractivity contribution < 1.29 is 4.74 Å². The van der Waals surface area contributed by atoms with Crippen LogP contribution in [-0.4, -0.2) is 28.8 Å². The average molecular weight is 253 g/mol. The van der Waals surface area contributed by atoms with Crippen LogP contribution in [0.4, 0.5) is 0 Å². The van der Waals surface area contributed by atoms with Crippen molar-refractivity contribution in [3.8, 4) is 0 Å². The number of aryl methyl sites for hydroxylation is 1. The zero-order valence-electron chi connectivity index (χ0n) is 12.2. The summed E-state index contributed by atoms with van der Waals surface area (Å²) in [4.78, 5) is 4.24. The zero-order chi connectivity index (χ0) is 13.4. The number of imidazole rings is 1. The number of rotatable bonds is 8. The van der Waals surface area contributed by atoms with E-state index in [2.05, 4.69) is 35.6 Å². The van der Waals surface area contributed by atoms with E-state index in [0.29, 0.717) is 0 Å². The molecular formula is C14H27N3O. The molecule has 0 spiro atoms. The summed E-state index contributed by atoms with van der Waals surface area (Å²) in [6, 6.07) is 0. The first-order valence-corrected chi connectivity index (χ1v) is 6.76. The van der Waals surface area contributed by atoms with Crippen molar-refractivity contribution in [3.63, 3.8) is 0 Å². The first-order chi connectivity index (χ1) is 8.53. The fraction of sp³-hybridized carbons (Fsp3) is 0.786. The number of methoxy groups -OCH3 is 1. The molecule has 0 unspecified atom stereocenters. The lowest BCUT2D eigenvalue weighted by Crippen LogP contribution is -2.35. The molecule has 0 aromatic carbocycles. The molecule has 104 valence electrons. The van der Waals surface area contributed by atoms with Crippen LogP contribution in [0.15, 0.2) is 12.5 Å². The molecule has 0 bridgehead atoms. The third-order valence-corrected chi connectivity index (χ3v) is 2.85. The summed E-state index contributed by atoms with van der Waals surface area (Å²) in [5, 5.41) is 3.49. The second-order valence-corrected chi connectivity index (χ2v) is 5.74. The Balaban J connectivity index is 2.31. The van der Waals surface area contributed by atoms with Gasteiger partial charge in [0, 0.05) is 38.5 Å². The molecule has 0 saturated heterocycles. The maximum absolute atomic E-state index is 5.05. The minimum absolute atomic E-state index is 0.146. The number of hydrogen-bond donors (Lipinski definition) is 1. The number of unbranched alkanes of at least 4 members (excludes halogenated alkanes) is 2. The van der Waals surface area contributed by atoms with Gasteiger partial charge in [0.25, 0.3) is 0 Å². The molecule has 0 atom stereocenters. The van der Waals surface area contributed by atoms with E-state index in [1.807, 2.05) is 12.5 Å². The predicted molar refractivity (Wildman–Crippen MR) is 74.5 cm³/mol. The van der Waals surface area contributed by atoms with Gasteiger partial charge in [-0.3, -0.25) is 0 Å². The molecule has 4 heteroatoms. The molecule has 1 aromatic rings. The van der Waals surface area contributed by atoms with Gasteiger partial charge in [0.1, 0.15) is 0 Å². The van der Waals surface area contributed by atoms with Crippen LogP contribution in [0.25, 0.3) is 0 Å². The molecule has 1 aromatic heterocycles. The van der Waals surface area contributed by atoms with Crippen LogP contribution in [0.5, 0.6) is 0 Å². The summed E-state index contributed by atoms with van der Waals surface area (Å²) in [5.74, 6) is 0. The largest absolute Gasteiger partial charge is 0.385 e. The highest BCUT2D eigenvalue weighted by Gasteiger charge is 2.10. The highest BCUT2D eigenvalue weighted by atomic mass is 16.5. The summed E-state index contributed by atoms with van der Waals surface area (Å²) < 4.78 is 7.29. The van der Waals surface area contributed by atoms with E-state index < -0.39 is 0 Å². The number of nitrogens with zero attached hydrogens (tertiary/aromatic N) is 2. The zero-order valence-corrected chi connectivity index (χ0v) is 12.2. The lowest BCUT2D eigenvalue weighted by atomic mass is 10.1. The van der Waals surface area contributed by atoms with Crippen LogP contribution in [0, 0.1) is 0 Å². The molecule has 0 amide bonds. The lowest BCUT2D eigenvalue weighted by Gasteiger charge is -2.21. The second kappa shape index (κ2) is 7.54. The maximum atomic E-state index is 5.05. The Morgan fingerprint density at radius 2 is 2.06 bits per heavy atom. The molecule has 1 N–H and O–H groups in total. The van der Waals surface area contributed by atoms with Gasteiger partial charge in [0.05, 0.1) is 12.0 Å². The Labute approximate surface area is 111 Å². The molecular weight excluding hydrogens is 226 g/mol. The van der Waals surface area contributed by atoms with Crippen molar-refractivity contribution in [2.45, 2.75) is 58.7 Å². The highest BCUT2D eigenvalue weighted by Crippen LogP contribution is 2.06. The Bertz CT molecular complexity index is 328. The number of hydrogen-bond acceptors (Lipinski definition) is 3. The van der Waals surface area contributed by atoms with Crippen LogP contribution >= 0.6 is 0 Å². The maximum Gasteiger partial charge on any atom is 0.0948 e. The summed E-state index contributed by atoms with van der Waals surface area (Å²) in [7, 11) is 1.76. The molecule has 1 rings (SSSR count). The number of ether oxygens (including phenoxy) is 1. The van der Waals surface area contributed by atoms with Gasteiger partial charge >= 0.3 is 0 Å². The molecule has 0 aliphatic heterocycles. The summed E-state index contributed by atoms with van der Waals surface area (Å²) in [6.07, 6.45) is 7.41. The van der Waals surface area contributed by atoms with Gasteiger partial charge in [0.2, 0.25) is 0 Å². The average Bonchev–Trinajstić information content (AvgIpc) is 2.73. The molecule has 1 heterocycles. The molecule has 0 aliphatic rings. The van der Waals surface area contributed by atoms with Crippen molar-refractivity contribution >= 4 is 0 Å². The first-order valence-electron chi connectivity index (χ1n) is 6.76. The molecule has 4 nitrogen and oxygen atoms in total. The Morgan fingerprint density at radius 1 is 1.28 bits per heavy atom. The second-order valence-electron chi connectivity index (χ2n) is 5.74. The highest BCUT2D eigenvalue weighted by molar-refractivity contribution is 4.98. The summed E-state index contributed by atoms with van der Waals surface area (Å²) in [5.41, 5.74) is 1.41. The number of aromatic nitrogens is 2. The molecule has 0 saturated carbocycles. The minimum atomic E-state index is 0.146. The fourth-order valence-electron chi connectivity index (χ4n) is 1.76. The van der Waals surface area contributed by atoms with Gasteiger partial charge in [-0.2, -0.15) is 0 Å². The Hall–Kier alpha value is -0.870. The van der Waals surface area contributed by atoms with E-state index in [9.17, 15) is 0 Å². The normalized spacial score (nSPS) is 12.0. The van der Waals surface area contributed by atoms with Crippen molar-refractivity contribution in [2.75, 3.05) is 13.7 Å². The molecule has 18 heavy (non-hydrogen) atoms. The minimum Gasteiger partial charge on any atom is -0.385 e. The lowest BCUT2D eigenvalue weighted by molar-refractivity contribution is 0.191. The van der Waals surface area contributed by atoms with Crippen molar-refractivity contribution in [3.05, 3.63) is 18.2 Å². The SMILES string of the molecule is COCCCCCn1cncc1CNC(C)(C)C. The van der Waals surface area contributed by atoms with Gasteiger partial charge < -0.3 is 14.6 Å². The van der Waals surface area contributed by atoms with Crippen LogP contribution < -0.4 is 5.32 Å². The van der Waals surface area contributed by atoms with E-state index in [-0.39, 0.29) is 5.54 Å². The topological polar surface area (TPSA) is 39.1 Å². The molecule has 0 fully saturated rings. The van der Waals surface area contributed by atoms with E-state index in [0.717, 1.165) is 26.1 Å². The van der Waals surface area contributed by atoms with Crippen molar-refractivity contribution in [2.24, 2.45) is 0 Å². The Morgan fingerprint density at radius 3 is 2.72 bits per heavy atom. The van der Waals surface area contributed by atoms with E-state index in [1.54, 1.807) is 7.11 Å². The summed E-state index contributed by atoms with van der Waals surface area (Å²) >= 11 is 0. The van der Waals surface area contributed by atoms with E-state index >= 15 is 0 Å². The smallest absolute Gasteiger partial charge is 0.0948 e. The van der Waals surface area contributed by atoms with Gasteiger partial charge in [-0.25, -0.2) is 4.98 Å². The molecule has 0 radical (unpaired) electrons. The van der Waals surface area contributed by atoms with Crippen LogP contribution in [0.2, 0.25) is 0 Å². The van der Waals surface area contributed by atoms with Gasteiger partial charge in [0.15, 0.2) is 0 Å². The standard InChI is InChI=1S/C14H27N3O/c1-14(2,3)16-11-13-10-15-12-17(13)8-6-5-7-9-18-4/h10,12,16H,5-9,11H2,1-4H3. The van der Waals surface area contributed by atoms with Crippen LogP contribution in [0.3, 0.4) is 0 Å².